The number of rotatable bonds is 21. The van der Waals surface area contributed by atoms with Gasteiger partial charge >= 0.3 is 23.9 Å². The van der Waals surface area contributed by atoms with E-state index >= 15 is 0 Å². The lowest BCUT2D eigenvalue weighted by Crippen LogP contribution is -2.58. The zero-order valence-electron chi connectivity index (χ0n) is 26.0. The number of hydrogen-bond donors (Lipinski definition) is 9. The number of carboxylic acid groups (broad SMARTS) is 3. The van der Waals surface area contributed by atoms with Crippen LogP contribution >= 0.6 is 11.8 Å². The summed E-state index contributed by atoms with van der Waals surface area (Å²) in [7, 11) is 0. The van der Waals surface area contributed by atoms with Crippen LogP contribution in [0, 0.1) is 5.92 Å². The second kappa shape index (κ2) is 18.7. The van der Waals surface area contributed by atoms with Gasteiger partial charge in [0.2, 0.25) is 23.6 Å². The van der Waals surface area contributed by atoms with Crippen molar-refractivity contribution in [3.05, 3.63) is 0 Å². The molecule has 2 aliphatic rings. The monoisotopic (exact) mass is 686 g/mol. The first-order chi connectivity index (χ1) is 22.1. The molecule has 0 aromatic heterocycles. The minimum Gasteiger partial charge on any atom is -0.481 e. The molecule has 0 aromatic carbocycles. The summed E-state index contributed by atoms with van der Waals surface area (Å²) in [6.07, 6.45) is -0.640. The van der Waals surface area contributed by atoms with Crippen molar-refractivity contribution in [3.63, 3.8) is 0 Å². The molecule has 18 nitrogen and oxygen atoms in total. The van der Waals surface area contributed by atoms with Crippen LogP contribution in [0.4, 0.5) is 4.79 Å². The summed E-state index contributed by atoms with van der Waals surface area (Å²) in [5.41, 5.74) is 0. The Hall–Kier alpha value is -4.42. The Morgan fingerprint density at radius 1 is 0.830 bits per heavy atom. The Morgan fingerprint density at radius 3 is 2.09 bits per heavy atom. The SMILES string of the molecule is CC(C)[C@H](NC(=O)[C@H](CCC(=O)O)NC(=O)[C@H](CC(=O)O)NC(=O)CCCC[C@@H]1SC[C@@H]2NC(=O)N[C@H]21)C(=O)N[C@H](C=O)CC(=O)O. The van der Waals surface area contributed by atoms with Gasteiger partial charge in [0.1, 0.15) is 24.4 Å². The van der Waals surface area contributed by atoms with Crippen molar-refractivity contribution in [1.82, 2.24) is 31.9 Å². The van der Waals surface area contributed by atoms with Crippen LogP contribution in [0.3, 0.4) is 0 Å². The second-order valence-electron chi connectivity index (χ2n) is 11.7. The van der Waals surface area contributed by atoms with Crippen LogP contribution in [0.2, 0.25) is 0 Å². The van der Waals surface area contributed by atoms with E-state index in [0.717, 1.165) is 12.2 Å². The number of amides is 6. The van der Waals surface area contributed by atoms with Gasteiger partial charge in [-0.15, -0.1) is 0 Å². The Balaban J connectivity index is 2.02. The molecule has 2 rings (SSSR count). The molecular weight excluding hydrogens is 644 g/mol. The Kier molecular flexibility index (Phi) is 15.4. The Morgan fingerprint density at radius 2 is 1.49 bits per heavy atom. The van der Waals surface area contributed by atoms with E-state index in [9.17, 15) is 48.3 Å². The molecule has 262 valence electrons. The molecule has 0 saturated carbocycles. The minimum atomic E-state index is -1.61. The van der Waals surface area contributed by atoms with Crippen LogP contribution < -0.4 is 31.9 Å². The summed E-state index contributed by atoms with van der Waals surface area (Å²) in [6, 6.07) is -6.04. The van der Waals surface area contributed by atoms with Gasteiger partial charge < -0.3 is 52.0 Å². The van der Waals surface area contributed by atoms with Crippen molar-refractivity contribution in [1.29, 1.82) is 0 Å². The van der Waals surface area contributed by atoms with Crippen molar-refractivity contribution in [2.75, 3.05) is 5.75 Å². The first-order valence-electron chi connectivity index (χ1n) is 15.1. The lowest BCUT2D eigenvalue weighted by Gasteiger charge is -2.27. The number of aldehydes is 1. The van der Waals surface area contributed by atoms with Gasteiger partial charge in [0.05, 0.1) is 31.0 Å². The number of unbranched alkanes of at least 4 members (excludes halogenated alkanes) is 1. The highest BCUT2D eigenvalue weighted by atomic mass is 32.2. The van der Waals surface area contributed by atoms with Crippen molar-refractivity contribution < 1.29 is 58.5 Å². The average molecular weight is 687 g/mol. The van der Waals surface area contributed by atoms with Gasteiger partial charge in [-0.2, -0.15) is 11.8 Å². The van der Waals surface area contributed by atoms with Gasteiger partial charge in [0.15, 0.2) is 0 Å². The summed E-state index contributed by atoms with van der Waals surface area (Å²) in [5.74, 6) is -7.52. The molecule has 0 radical (unpaired) electrons. The molecule has 19 heteroatoms. The van der Waals surface area contributed by atoms with Crippen molar-refractivity contribution >= 4 is 65.6 Å². The zero-order chi connectivity index (χ0) is 35.3. The zero-order valence-corrected chi connectivity index (χ0v) is 26.8. The number of hydrogen-bond acceptors (Lipinski definition) is 10. The van der Waals surface area contributed by atoms with E-state index < -0.39 is 97.3 Å². The molecule has 47 heavy (non-hydrogen) atoms. The van der Waals surface area contributed by atoms with Gasteiger partial charge in [-0.05, 0) is 25.2 Å². The number of carbonyl (C=O) groups is 9. The highest BCUT2D eigenvalue weighted by Gasteiger charge is 2.42. The smallest absolute Gasteiger partial charge is 0.315 e. The summed E-state index contributed by atoms with van der Waals surface area (Å²) < 4.78 is 0. The van der Waals surface area contributed by atoms with Crippen LogP contribution in [0.5, 0.6) is 0 Å². The molecule has 0 aliphatic carbocycles. The predicted molar refractivity (Wildman–Crippen MR) is 164 cm³/mol. The largest absolute Gasteiger partial charge is 0.481 e. The molecule has 9 N–H and O–H groups in total. The number of fused-ring (bicyclic) bond motifs is 1. The first kappa shape index (κ1) is 38.8. The molecule has 6 amide bonds. The molecular formula is C28H42N6O12S. The van der Waals surface area contributed by atoms with E-state index in [1.54, 1.807) is 11.8 Å². The maximum Gasteiger partial charge on any atom is 0.315 e. The summed E-state index contributed by atoms with van der Waals surface area (Å²) >= 11 is 1.72. The average Bonchev–Trinajstić information content (AvgIpc) is 3.53. The highest BCUT2D eigenvalue weighted by Crippen LogP contribution is 2.33. The number of aliphatic carboxylic acids is 3. The third-order valence-corrected chi connectivity index (χ3v) is 9.03. The number of thioether (sulfide) groups is 1. The van der Waals surface area contributed by atoms with Gasteiger partial charge in [-0.3, -0.25) is 33.6 Å². The lowest BCUT2D eigenvalue weighted by atomic mass is 10.0. The molecule has 0 aromatic rings. The third kappa shape index (κ3) is 13.1. The van der Waals surface area contributed by atoms with Crippen molar-refractivity contribution in [2.24, 2.45) is 5.92 Å². The summed E-state index contributed by atoms with van der Waals surface area (Å²) in [4.78, 5) is 108. The fraction of sp³-hybridized carbons (Fsp3) is 0.679. The molecule has 2 fully saturated rings. The molecule has 7 atom stereocenters. The number of nitrogens with one attached hydrogen (secondary N) is 6. The normalized spacial score (nSPS) is 20.7. The Bertz CT molecular complexity index is 1220. The van der Waals surface area contributed by atoms with Gasteiger partial charge in [-0.25, -0.2) is 4.79 Å². The maximum atomic E-state index is 13.2. The van der Waals surface area contributed by atoms with Crippen molar-refractivity contribution in [2.45, 2.75) is 107 Å². The van der Waals surface area contributed by atoms with Gasteiger partial charge in [-0.1, -0.05) is 20.3 Å². The molecule has 2 aliphatic heterocycles. The quantitative estimate of drug-likeness (QED) is 0.0371. The lowest BCUT2D eigenvalue weighted by molar-refractivity contribution is -0.141. The molecule has 2 heterocycles. The summed E-state index contributed by atoms with van der Waals surface area (Å²) in [5, 5.41) is 42.5. The second-order valence-corrected chi connectivity index (χ2v) is 12.9. The predicted octanol–water partition coefficient (Wildman–Crippen LogP) is -1.68. The topological polar surface area (TPSA) is 286 Å². The highest BCUT2D eigenvalue weighted by molar-refractivity contribution is 8.00. The third-order valence-electron chi connectivity index (χ3n) is 7.52. The van der Waals surface area contributed by atoms with Gasteiger partial charge in [0, 0.05) is 23.8 Å². The van der Waals surface area contributed by atoms with Crippen LogP contribution in [0.1, 0.15) is 65.2 Å². The maximum absolute atomic E-state index is 13.2. The van der Waals surface area contributed by atoms with Crippen LogP contribution in [0.15, 0.2) is 0 Å². The Labute approximate surface area is 274 Å². The number of urea groups is 1. The van der Waals surface area contributed by atoms with Gasteiger partial charge in [0.25, 0.3) is 0 Å². The van der Waals surface area contributed by atoms with E-state index in [1.165, 1.54) is 13.8 Å². The van der Waals surface area contributed by atoms with E-state index in [2.05, 4.69) is 31.9 Å². The number of carbonyl (C=O) groups excluding carboxylic acids is 6. The first-order valence-corrected chi connectivity index (χ1v) is 16.2. The fourth-order valence-corrected chi connectivity index (χ4v) is 6.66. The fourth-order valence-electron chi connectivity index (χ4n) is 5.12. The standard InChI is InChI=1S/C28H42N6O12S/c1-13(2)23(27(45)29-14(11-35)9-21(39)40)33-25(43)15(7-8-20(37)38)31-26(44)16(10-22(41)42)30-19(36)6-4-3-5-18-24-17(12-47-18)32-28(46)34-24/h11,13-18,23-24H,3-10,12H2,1-2H3,(H,29,45)(H,30,36)(H,31,44)(H,33,43)(H,37,38)(H,39,40)(H,41,42)(H2,32,34,46)/t14-,15-,16-,17-,18-,23-,24+/m0/s1. The molecule has 2 saturated heterocycles. The summed E-state index contributed by atoms with van der Waals surface area (Å²) in [6.45, 7) is 3.07. The van der Waals surface area contributed by atoms with Crippen LogP contribution in [-0.4, -0.2) is 116 Å². The van der Waals surface area contributed by atoms with E-state index in [-0.39, 0.29) is 36.1 Å². The van der Waals surface area contributed by atoms with E-state index in [0.29, 0.717) is 12.8 Å². The molecule has 0 unspecified atom stereocenters. The van der Waals surface area contributed by atoms with Crippen LogP contribution in [-0.2, 0) is 38.4 Å². The van der Waals surface area contributed by atoms with E-state index in [1.807, 2.05) is 0 Å². The molecule has 0 bridgehead atoms. The van der Waals surface area contributed by atoms with Crippen LogP contribution in [0.25, 0.3) is 0 Å². The molecule has 0 spiro atoms. The minimum absolute atomic E-state index is 0.00615. The van der Waals surface area contributed by atoms with E-state index in [4.69, 9.17) is 10.2 Å². The number of carboxylic acids is 3. The van der Waals surface area contributed by atoms with Crippen molar-refractivity contribution in [3.8, 4) is 0 Å².